The molecule has 0 radical (unpaired) electrons. The molecule has 1 aliphatic rings. The zero-order chi connectivity index (χ0) is 13.4. The van der Waals surface area contributed by atoms with Crippen molar-refractivity contribution in [3.05, 3.63) is 23.2 Å². The van der Waals surface area contributed by atoms with Crippen molar-refractivity contribution in [3.8, 4) is 10.6 Å². The maximum atomic E-state index is 11.7. The van der Waals surface area contributed by atoms with Crippen molar-refractivity contribution in [1.29, 1.82) is 0 Å². The first kappa shape index (κ1) is 12.0. The lowest BCUT2D eigenvalue weighted by atomic mass is 10.1. The number of imide groups is 1. The molecule has 1 N–H and O–H groups in total. The second kappa shape index (κ2) is 4.58. The molecule has 1 fully saturated rings. The van der Waals surface area contributed by atoms with Gasteiger partial charge in [0, 0.05) is 11.3 Å². The van der Waals surface area contributed by atoms with E-state index in [9.17, 15) is 9.59 Å². The fourth-order valence-corrected chi connectivity index (χ4v) is 2.87. The molecular weight excluding hydrogens is 264 g/mol. The summed E-state index contributed by atoms with van der Waals surface area (Å²) in [6.07, 6.45) is 2.56. The zero-order valence-electron chi connectivity index (χ0n) is 10.3. The van der Waals surface area contributed by atoms with Gasteiger partial charge in [-0.15, -0.1) is 16.4 Å². The minimum absolute atomic E-state index is 0.226. The highest BCUT2D eigenvalue weighted by atomic mass is 32.1. The average Bonchev–Trinajstić information content (AvgIpc) is 2.97. The van der Waals surface area contributed by atoms with Gasteiger partial charge in [0.2, 0.25) is 5.91 Å². The van der Waals surface area contributed by atoms with E-state index in [0.29, 0.717) is 12.8 Å². The van der Waals surface area contributed by atoms with Gasteiger partial charge in [-0.1, -0.05) is 5.21 Å². The molecule has 19 heavy (non-hydrogen) atoms. The molecule has 3 rings (SSSR count). The largest absolute Gasteiger partial charge is 0.295 e. The number of carbonyl (C=O) groups is 2. The Morgan fingerprint density at radius 1 is 1.42 bits per heavy atom. The number of nitrogens with zero attached hydrogens (tertiary/aromatic N) is 3. The minimum atomic E-state index is -0.444. The molecule has 2 amide bonds. The van der Waals surface area contributed by atoms with Gasteiger partial charge in [-0.05, 0) is 25.5 Å². The number of amides is 2. The van der Waals surface area contributed by atoms with Crippen LogP contribution in [-0.2, 0) is 9.59 Å². The van der Waals surface area contributed by atoms with E-state index in [1.54, 1.807) is 17.5 Å². The molecule has 2 aromatic rings. The number of piperidine rings is 1. The molecule has 0 saturated carbocycles. The lowest BCUT2D eigenvalue weighted by molar-refractivity contribution is -0.136. The quantitative estimate of drug-likeness (QED) is 0.839. The second-order valence-electron chi connectivity index (χ2n) is 4.46. The van der Waals surface area contributed by atoms with E-state index in [0.717, 1.165) is 10.6 Å². The van der Waals surface area contributed by atoms with E-state index in [1.165, 1.54) is 9.56 Å². The highest BCUT2D eigenvalue weighted by Gasteiger charge is 2.29. The number of hydrogen-bond acceptors (Lipinski definition) is 5. The van der Waals surface area contributed by atoms with Crippen LogP contribution in [-0.4, -0.2) is 26.8 Å². The van der Waals surface area contributed by atoms with Gasteiger partial charge in [0.25, 0.3) is 5.91 Å². The third-order valence-electron chi connectivity index (χ3n) is 3.03. The molecule has 1 saturated heterocycles. The molecule has 3 heterocycles. The predicted octanol–water partition coefficient (Wildman–Crippen LogP) is 1.29. The molecule has 7 heteroatoms. The lowest BCUT2D eigenvalue weighted by Crippen LogP contribution is -2.41. The highest BCUT2D eigenvalue weighted by Crippen LogP contribution is 2.27. The Balaban J connectivity index is 1.85. The van der Waals surface area contributed by atoms with E-state index >= 15 is 0 Å². The summed E-state index contributed by atoms with van der Waals surface area (Å²) in [6.45, 7) is 2.03. The summed E-state index contributed by atoms with van der Waals surface area (Å²) in [6, 6.07) is 3.56. The minimum Gasteiger partial charge on any atom is -0.295 e. The molecular formula is C12H12N4O2S. The average molecular weight is 276 g/mol. The SMILES string of the molecule is Cc1ccc(-c2cn(C3CCC(=O)NC3=O)nn2)s1. The van der Waals surface area contributed by atoms with Crippen LogP contribution in [0.4, 0.5) is 0 Å². The Kier molecular flexibility index (Phi) is 2.90. The van der Waals surface area contributed by atoms with Gasteiger partial charge in [0.15, 0.2) is 0 Å². The molecule has 1 unspecified atom stereocenters. The van der Waals surface area contributed by atoms with Gasteiger partial charge < -0.3 is 0 Å². The first-order chi connectivity index (χ1) is 9.13. The first-order valence-corrected chi connectivity index (χ1v) is 6.77. The first-order valence-electron chi connectivity index (χ1n) is 5.96. The Labute approximate surface area is 113 Å². The third kappa shape index (κ3) is 2.28. The number of carbonyl (C=O) groups excluding carboxylic acids is 2. The number of aryl methyl sites for hydroxylation is 1. The summed E-state index contributed by atoms with van der Waals surface area (Å²) in [5, 5.41) is 10.4. The van der Waals surface area contributed by atoms with Crippen molar-refractivity contribution in [2.45, 2.75) is 25.8 Å². The molecule has 2 aromatic heterocycles. The Morgan fingerprint density at radius 2 is 2.26 bits per heavy atom. The lowest BCUT2D eigenvalue weighted by Gasteiger charge is -2.20. The van der Waals surface area contributed by atoms with Crippen molar-refractivity contribution in [2.24, 2.45) is 0 Å². The van der Waals surface area contributed by atoms with E-state index in [2.05, 4.69) is 15.6 Å². The normalized spacial score (nSPS) is 19.5. The van der Waals surface area contributed by atoms with E-state index in [4.69, 9.17) is 0 Å². The fourth-order valence-electron chi connectivity index (χ4n) is 2.05. The number of nitrogens with one attached hydrogen (secondary N) is 1. The third-order valence-corrected chi connectivity index (χ3v) is 4.06. The van der Waals surface area contributed by atoms with E-state index in [-0.39, 0.29) is 11.8 Å². The topological polar surface area (TPSA) is 76.9 Å². The van der Waals surface area contributed by atoms with Crippen molar-refractivity contribution in [2.75, 3.05) is 0 Å². The summed E-state index contributed by atoms with van der Waals surface area (Å²) < 4.78 is 1.53. The summed E-state index contributed by atoms with van der Waals surface area (Å²) in [5.74, 6) is -0.537. The summed E-state index contributed by atoms with van der Waals surface area (Å²) >= 11 is 1.63. The van der Waals surface area contributed by atoms with Gasteiger partial charge in [-0.2, -0.15) is 0 Å². The molecule has 1 atom stereocenters. The fraction of sp³-hybridized carbons (Fsp3) is 0.333. The van der Waals surface area contributed by atoms with Crippen LogP contribution in [0.5, 0.6) is 0 Å². The smallest absolute Gasteiger partial charge is 0.251 e. The standard InChI is InChI=1S/C12H12N4O2S/c1-7-2-4-10(19-7)8-6-16(15-14-8)9-3-5-11(17)13-12(9)18/h2,4,6,9H,3,5H2,1H3,(H,13,17,18). The van der Waals surface area contributed by atoms with Crippen LogP contribution in [0.15, 0.2) is 18.3 Å². The van der Waals surface area contributed by atoms with E-state index in [1.807, 2.05) is 19.1 Å². The van der Waals surface area contributed by atoms with Gasteiger partial charge >= 0.3 is 0 Å². The van der Waals surface area contributed by atoms with Crippen LogP contribution in [0.25, 0.3) is 10.6 Å². The van der Waals surface area contributed by atoms with Crippen molar-refractivity contribution < 1.29 is 9.59 Å². The maximum absolute atomic E-state index is 11.7. The van der Waals surface area contributed by atoms with Crippen molar-refractivity contribution in [3.63, 3.8) is 0 Å². The van der Waals surface area contributed by atoms with Gasteiger partial charge in [0.1, 0.15) is 11.7 Å². The number of rotatable bonds is 2. The second-order valence-corrected chi connectivity index (χ2v) is 5.75. The molecule has 0 bridgehead atoms. The molecule has 1 aliphatic heterocycles. The number of thiophene rings is 1. The van der Waals surface area contributed by atoms with Gasteiger partial charge in [-0.25, -0.2) is 4.68 Å². The van der Waals surface area contributed by atoms with Crippen LogP contribution >= 0.6 is 11.3 Å². The van der Waals surface area contributed by atoms with Crippen LogP contribution in [0.2, 0.25) is 0 Å². The Bertz CT molecular complexity index is 646. The van der Waals surface area contributed by atoms with Crippen LogP contribution in [0.3, 0.4) is 0 Å². The predicted molar refractivity (Wildman–Crippen MR) is 69.5 cm³/mol. The van der Waals surface area contributed by atoms with Crippen LogP contribution < -0.4 is 5.32 Å². The highest BCUT2D eigenvalue weighted by molar-refractivity contribution is 7.15. The van der Waals surface area contributed by atoms with Crippen LogP contribution in [0, 0.1) is 6.92 Å². The number of hydrogen-bond donors (Lipinski definition) is 1. The van der Waals surface area contributed by atoms with Gasteiger partial charge in [0.05, 0.1) is 11.1 Å². The monoisotopic (exact) mass is 276 g/mol. The van der Waals surface area contributed by atoms with E-state index < -0.39 is 6.04 Å². The zero-order valence-corrected chi connectivity index (χ0v) is 11.1. The molecule has 0 aliphatic carbocycles. The summed E-state index contributed by atoms with van der Waals surface area (Å²) in [5.41, 5.74) is 0.753. The van der Waals surface area contributed by atoms with Crippen molar-refractivity contribution >= 4 is 23.2 Å². The molecule has 6 nitrogen and oxygen atoms in total. The van der Waals surface area contributed by atoms with Crippen molar-refractivity contribution in [1.82, 2.24) is 20.3 Å². The Morgan fingerprint density at radius 3 is 2.95 bits per heavy atom. The summed E-state index contributed by atoms with van der Waals surface area (Å²) in [7, 11) is 0. The van der Waals surface area contributed by atoms with Crippen LogP contribution in [0.1, 0.15) is 23.8 Å². The molecule has 0 aromatic carbocycles. The molecule has 0 spiro atoms. The Hall–Kier alpha value is -2.02. The number of aromatic nitrogens is 3. The van der Waals surface area contributed by atoms with Gasteiger partial charge in [-0.3, -0.25) is 14.9 Å². The molecule has 98 valence electrons. The maximum Gasteiger partial charge on any atom is 0.251 e. The summed E-state index contributed by atoms with van der Waals surface area (Å²) in [4.78, 5) is 25.1.